The van der Waals surface area contributed by atoms with Crippen molar-refractivity contribution in [3.05, 3.63) is 88.9 Å². The lowest BCUT2D eigenvalue weighted by Gasteiger charge is -2.36. The van der Waals surface area contributed by atoms with E-state index >= 15 is 0 Å². The average molecular weight is 524 g/mol. The van der Waals surface area contributed by atoms with Crippen LogP contribution >= 0.6 is 11.8 Å². The van der Waals surface area contributed by atoms with Gasteiger partial charge in [-0.2, -0.15) is 0 Å². The molecule has 37 heavy (non-hydrogen) atoms. The third kappa shape index (κ3) is 5.54. The number of carbonyl (C=O) groups is 2. The zero-order valence-corrected chi connectivity index (χ0v) is 21.4. The molecule has 0 aliphatic carbocycles. The highest BCUT2D eigenvalue weighted by Gasteiger charge is 2.41. The average Bonchev–Trinajstić information content (AvgIpc) is 3.28. The smallest absolute Gasteiger partial charge is 0.338 e. The maximum absolute atomic E-state index is 13.2. The minimum absolute atomic E-state index is 0.00121. The summed E-state index contributed by atoms with van der Waals surface area (Å²) in [5, 5.41) is 5.24. The maximum atomic E-state index is 13.2. The normalized spacial score (nSPS) is 16.4. The lowest BCUT2D eigenvalue weighted by Crippen LogP contribution is -2.37. The van der Waals surface area contributed by atoms with Gasteiger partial charge >= 0.3 is 5.97 Å². The van der Waals surface area contributed by atoms with Gasteiger partial charge in [-0.15, -0.1) is 0 Å². The Morgan fingerprint density at radius 2 is 1.89 bits per heavy atom. The fourth-order valence-electron chi connectivity index (χ4n) is 4.08. The van der Waals surface area contributed by atoms with Gasteiger partial charge < -0.3 is 24.4 Å². The van der Waals surface area contributed by atoms with Gasteiger partial charge in [0, 0.05) is 11.4 Å². The number of esters is 1. The molecular formula is C27H26FN3O5S. The van der Waals surface area contributed by atoms with Gasteiger partial charge in [-0.05, 0) is 54.3 Å². The minimum Gasteiger partial charge on any atom is -0.493 e. The Morgan fingerprint density at radius 1 is 1.16 bits per heavy atom. The summed E-state index contributed by atoms with van der Waals surface area (Å²) in [5.74, 6) is -0.192. The topological polar surface area (TPSA) is 89.5 Å². The molecule has 2 aliphatic heterocycles. The zero-order valence-electron chi connectivity index (χ0n) is 20.6. The monoisotopic (exact) mass is 523 g/mol. The summed E-state index contributed by atoms with van der Waals surface area (Å²) in [6.45, 7) is 5.41. The molecule has 2 aromatic carbocycles. The highest BCUT2D eigenvalue weighted by Crippen LogP contribution is 2.46. The van der Waals surface area contributed by atoms with Crippen molar-refractivity contribution in [3.63, 3.8) is 0 Å². The molecule has 1 amide bonds. The first-order valence-electron chi connectivity index (χ1n) is 11.4. The van der Waals surface area contributed by atoms with Crippen LogP contribution in [0.4, 0.5) is 10.1 Å². The highest BCUT2D eigenvalue weighted by molar-refractivity contribution is 8.16. The maximum Gasteiger partial charge on any atom is 0.338 e. The Balaban J connectivity index is 1.70. The van der Waals surface area contributed by atoms with Gasteiger partial charge in [0.2, 0.25) is 5.91 Å². The molecule has 0 radical (unpaired) electrons. The van der Waals surface area contributed by atoms with Crippen molar-refractivity contribution >= 4 is 34.5 Å². The van der Waals surface area contributed by atoms with E-state index in [1.165, 1.54) is 49.2 Å². The molecule has 0 spiro atoms. The number of nitrogens with one attached hydrogen (secondary N) is 1. The van der Waals surface area contributed by atoms with E-state index in [1.807, 2.05) is 16.4 Å². The third-order valence-electron chi connectivity index (χ3n) is 5.75. The molecule has 2 heterocycles. The molecule has 0 bridgehead atoms. The van der Waals surface area contributed by atoms with E-state index in [4.69, 9.17) is 14.2 Å². The van der Waals surface area contributed by atoms with Gasteiger partial charge in [-0.25, -0.2) is 14.2 Å². The number of amidine groups is 1. The molecule has 0 aromatic heterocycles. The number of thioether (sulfide) groups is 1. The van der Waals surface area contributed by atoms with Crippen LogP contribution in [-0.4, -0.2) is 42.8 Å². The Kier molecular flexibility index (Phi) is 7.98. The molecular weight excluding hydrogens is 497 g/mol. The molecule has 10 heteroatoms. The van der Waals surface area contributed by atoms with E-state index in [-0.39, 0.29) is 18.9 Å². The molecule has 4 rings (SSSR count). The van der Waals surface area contributed by atoms with Gasteiger partial charge in [0.15, 0.2) is 16.7 Å². The Morgan fingerprint density at radius 3 is 2.57 bits per heavy atom. The third-order valence-corrected chi connectivity index (χ3v) is 6.63. The van der Waals surface area contributed by atoms with E-state index in [2.05, 4.69) is 16.9 Å². The number of fused-ring (bicyclic) bond motifs is 1. The van der Waals surface area contributed by atoms with Crippen LogP contribution in [0.15, 0.2) is 82.5 Å². The summed E-state index contributed by atoms with van der Waals surface area (Å²) in [6, 6.07) is 10.3. The largest absolute Gasteiger partial charge is 0.493 e. The number of hydrogen-bond acceptors (Lipinski definition) is 8. The summed E-state index contributed by atoms with van der Waals surface area (Å²) in [6.07, 6.45) is 1.49. The minimum atomic E-state index is -0.635. The molecule has 8 nitrogen and oxygen atoms in total. The van der Waals surface area contributed by atoms with Gasteiger partial charge in [-0.3, -0.25) is 4.79 Å². The summed E-state index contributed by atoms with van der Waals surface area (Å²) >= 11 is 1.36. The van der Waals surface area contributed by atoms with Crippen LogP contribution in [-0.2, 0) is 14.3 Å². The zero-order chi connectivity index (χ0) is 26.5. The number of ether oxygens (including phenoxy) is 3. The number of nitrogens with zero attached hydrogens (tertiary/aromatic N) is 2. The van der Waals surface area contributed by atoms with E-state index in [0.29, 0.717) is 39.3 Å². The summed E-state index contributed by atoms with van der Waals surface area (Å²) in [4.78, 5) is 32.6. The fourth-order valence-corrected chi connectivity index (χ4v) is 5.05. The lowest BCUT2D eigenvalue weighted by molar-refractivity contribution is -0.138. The highest BCUT2D eigenvalue weighted by atomic mass is 32.2. The van der Waals surface area contributed by atoms with E-state index in [0.717, 1.165) is 5.56 Å². The number of hydrogen-bond donors (Lipinski definition) is 1. The predicted octanol–water partition coefficient (Wildman–Crippen LogP) is 5.18. The SMILES string of the molecule is C=CCOC(=O)C1=C(C)N=C2SC=C(CC(=O)Nc3ccc(F)cc3)N2C1c1ccc(OC)c(OC)c1. The molecule has 192 valence electrons. The molecule has 1 unspecified atom stereocenters. The lowest BCUT2D eigenvalue weighted by atomic mass is 9.93. The van der Waals surface area contributed by atoms with Crippen molar-refractivity contribution < 1.29 is 28.2 Å². The van der Waals surface area contributed by atoms with Crippen LogP contribution in [0.3, 0.4) is 0 Å². The number of amides is 1. The van der Waals surface area contributed by atoms with E-state index in [9.17, 15) is 14.0 Å². The molecule has 0 fully saturated rings. The van der Waals surface area contributed by atoms with Crippen molar-refractivity contribution in [2.45, 2.75) is 19.4 Å². The van der Waals surface area contributed by atoms with E-state index in [1.54, 1.807) is 26.2 Å². The Hall–Kier alpha value is -4.05. The summed E-state index contributed by atoms with van der Waals surface area (Å²) in [7, 11) is 3.08. The first kappa shape index (κ1) is 26.0. The van der Waals surface area contributed by atoms with Gasteiger partial charge in [0.05, 0.1) is 38.0 Å². The first-order valence-corrected chi connectivity index (χ1v) is 12.2. The fraction of sp³-hybridized carbons (Fsp3) is 0.222. The number of carbonyl (C=O) groups excluding carboxylic acids is 2. The number of rotatable bonds is 9. The van der Waals surface area contributed by atoms with Crippen LogP contribution in [0.5, 0.6) is 11.5 Å². The number of aliphatic imine (C=N–C) groups is 1. The van der Waals surface area contributed by atoms with Crippen molar-refractivity contribution in [2.75, 3.05) is 26.1 Å². The standard InChI is InChI=1S/C27H26FN3O5S/c1-5-12-36-26(33)24-16(2)29-27-31(25(24)17-6-11-21(34-3)22(13-17)35-4)20(15-37-27)14-23(32)30-19-9-7-18(28)8-10-19/h5-11,13,15,25H,1,12,14H2,2-4H3,(H,30,32). The van der Waals surface area contributed by atoms with Crippen LogP contribution in [0.25, 0.3) is 0 Å². The summed E-state index contributed by atoms with van der Waals surface area (Å²) < 4.78 is 29.5. The number of methoxy groups -OCH3 is 2. The predicted molar refractivity (Wildman–Crippen MR) is 141 cm³/mol. The van der Waals surface area contributed by atoms with Crippen molar-refractivity contribution in [1.29, 1.82) is 0 Å². The van der Waals surface area contributed by atoms with E-state index < -0.39 is 17.8 Å². The van der Waals surface area contributed by atoms with Crippen molar-refractivity contribution in [3.8, 4) is 11.5 Å². The molecule has 2 aromatic rings. The van der Waals surface area contributed by atoms with Crippen LogP contribution in [0, 0.1) is 5.82 Å². The number of benzene rings is 2. The molecule has 0 saturated carbocycles. The quantitative estimate of drug-likeness (QED) is 0.358. The Bertz CT molecular complexity index is 1320. The van der Waals surface area contributed by atoms with Gasteiger partial charge in [0.1, 0.15) is 12.4 Å². The van der Waals surface area contributed by atoms with Gasteiger partial charge in [0.25, 0.3) is 0 Å². The van der Waals surface area contributed by atoms with Crippen LogP contribution in [0.1, 0.15) is 24.9 Å². The summed E-state index contributed by atoms with van der Waals surface area (Å²) in [5.41, 5.74) is 2.70. The van der Waals surface area contributed by atoms with Crippen molar-refractivity contribution in [1.82, 2.24) is 4.90 Å². The van der Waals surface area contributed by atoms with Crippen LogP contribution < -0.4 is 14.8 Å². The second-order valence-corrected chi connectivity index (χ2v) is 8.96. The molecule has 1 atom stereocenters. The number of allylic oxidation sites excluding steroid dienone is 1. The first-order chi connectivity index (χ1) is 17.9. The Labute approximate surface area is 218 Å². The molecule has 2 aliphatic rings. The molecule has 1 N–H and O–H groups in total. The van der Waals surface area contributed by atoms with Gasteiger partial charge in [-0.1, -0.05) is 30.5 Å². The second-order valence-electron chi connectivity index (χ2n) is 8.13. The molecule has 0 saturated heterocycles. The van der Waals surface area contributed by atoms with Crippen molar-refractivity contribution in [2.24, 2.45) is 4.99 Å². The number of anilines is 1. The number of halogens is 1. The second kappa shape index (κ2) is 11.3. The van der Waals surface area contributed by atoms with Crippen LogP contribution in [0.2, 0.25) is 0 Å².